The van der Waals surface area contributed by atoms with Gasteiger partial charge in [0.15, 0.2) is 11.5 Å². The predicted octanol–water partition coefficient (Wildman–Crippen LogP) is 1.66. The molecule has 1 amide bonds. The molecule has 1 aliphatic heterocycles. The van der Waals surface area contributed by atoms with Gasteiger partial charge in [0.05, 0.1) is 0 Å². The van der Waals surface area contributed by atoms with Crippen LogP contribution in [-0.4, -0.2) is 68.4 Å². The number of amides is 1. The highest BCUT2D eigenvalue weighted by Gasteiger charge is 2.23. The lowest BCUT2D eigenvalue weighted by Gasteiger charge is -2.34. The Hall–Kier alpha value is -3.06. The van der Waals surface area contributed by atoms with Crippen LogP contribution in [0.25, 0.3) is 5.82 Å². The fourth-order valence-electron chi connectivity index (χ4n) is 3.23. The van der Waals surface area contributed by atoms with E-state index in [9.17, 15) is 4.79 Å². The van der Waals surface area contributed by atoms with Crippen LogP contribution >= 0.6 is 0 Å². The van der Waals surface area contributed by atoms with Crippen molar-refractivity contribution >= 4 is 5.91 Å². The van der Waals surface area contributed by atoms with Gasteiger partial charge in [-0.2, -0.15) is 5.10 Å². The van der Waals surface area contributed by atoms with E-state index in [4.69, 9.17) is 0 Å². The number of rotatable bonds is 5. The quantitative estimate of drug-likeness (QED) is 0.691. The van der Waals surface area contributed by atoms with Crippen LogP contribution in [0.1, 0.15) is 16.1 Å². The lowest BCUT2D eigenvalue weighted by molar-refractivity contribution is 0.0631. The summed E-state index contributed by atoms with van der Waals surface area (Å²) < 4.78 is 1.62. The molecule has 3 heterocycles. The van der Waals surface area contributed by atoms with Crippen LogP contribution in [0.4, 0.5) is 0 Å². The third kappa shape index (κ3) is 4.20. The van der Waals surface area contributed by atoms with E-state index >= 15 is 0 Å². The highest BCUT2D eigenvalue weighted by atomic mass is 16.2. The summed E-state index contributed by atoms with van der Waals surface area (Å²) in [5, 5.41) is 12.3. The van der Waals surface area contributed by atoms with Gasteiger partial charge in [0.2, 0.25) is 0 Å². The molecule has 0 saturated carbocycles. The van der Waals surface area contributed by atoms with Crippen molar-refractivity contribution in [1.82, 2.24) is 29.8 Å². The minimum Gasteiger partial charge on any atom is -0.335 e. The van der Waals surface area contributed by atoms with Crippen molar-refractivity contribution in [1.29, 1.82) is 0 Å². The van der Waals surface area contributed by atoms with Gasteiger partial charge in [0.25, 0.3) is 5.91 Å². The number of hydrogen-bond donors (Lipinski definition) is 0. The van der Waals surface area contributed by atoms with Crippen LogP contribution < -0.4 is 0 Å². The molecule has 0 aliphatic carbocycles. The largest absolute Gasteiger partial charge is 0.335 e. The number of hydrogen-bond acceptors (Lipinski definition) is 5. The van der Waals surface area contributed by atoms with Crippen molar-refractivity contribution in [2.45, 2.75) is 6.42 Å². The molecule has 1 aliphatic rings. The summed E-state index contributed by atoms with van der Waals surface area (Å²) in [5.74, 6) is 0.541. The maximum absolute atomic E-state index is 12.7. The summed E-state index contributed by atoms with van der Waals surface area (Å²) in [6.07, 6.45) is 4.51. The maximum Gasteiger partial charge on any atom is 0.274 e. The number of nitrogens with zero attached hydrogens (tertiary/aromatic N) is 6. The Morgan fingerprint density at radius 1 is 0.926 bits per heavy atom. The van der Waals surface area contributed by atoms with Crippen LogP contribution in [0.3, 0.4) is 0 Å². The van der Waals surface area contributed by atoms with Gasteiger partial charge in [-0.15, -0.1) is 10.2 Å². The first-order valence-electron chi connectivity index (χ1n) is 9.19. The molecule has 4 rings (SSSR count). The first-order valence-corrected chi connectivity index (χ1v) is 9.19. The van der Waals surface area contributed by atoms with Gasteiger partial charge < -0.3 is 4.90 Å². The summed E-state index contributed by atoms with van der Waals surface area (Å²) in [4.78, 5) is 16.9. The number of piperazine rings is 1. The molecule has 7 nitrogen and oxygen atoms in total. The molecule has 7 heteroatoms. The second-order valence-corrected chi connectivity index (χ2v) is 6.60. The van der Waals surface area contributed by atoms with Gasteiger partial charge >= 0.3 is 0 Å². The zero-order valence-corrected chi connectivity index (χ0v) is 15.1. The molecule has 27 heavy (non-hydrogen) atoms. The van der Waals surface area contributed by atoms with Crippen molar-refractivity contribution in [2.75, 3.05) is 32.7 Å². The summed E-state index contributed by atoms with van der Waals surface area (Å²) in [6.45, 7) is 4.23. The molecular formula is C20H22N6O. The molecule has 138 valence electrons. The van der Waals surface area contributed by atoms with Gasteiger partial charge in [0.1, 0.15) is 0 Å². The Balaban J connectivity index is 1.29. The van der Waals surface area contributed by atoms with Gasteiger partial charge in [-0.25, -0.2) is 4.68 Å². The average Bonchev–Trinajstić information content (AvgIpc) is 3.28. The molecule has 3 aromatic rings. The van der Waals surface area contributed by atoms with Gasteiger partial charge in [-0.3, -0.25) is 9.69 Å². The van der Waals surface area contributed by atoms with Crippen molar-refractivity contribution in [3.05, 3.63) is 72.2 Å². The van der Waals surface area contributed by atoms with Gasteiger partial charge in [0, 0.05) is 45.1 Å². The number of carbonyl (C=O) groups excluding carboxylic acids is 1. The van der Waals surface area contributed by atoms with E-state index in [1.165, 1.54) is 5.56 Å². The molecule has 1 fully saturated rings. The van der Waals surface area contributed by atoms with E-state index in [0.29, 0.717) is 11.5 Å². The standard InChI is InChI=1S/C20H22N6O/c27-20(18-7-8-19(23-22-18)26-11-4-10-21-26)25-15-13-24(14-16-25)12-9-17-5-2-1-3-6-17/h1-8,10-11H,9,12-16H2. The third-order valence-corrected chi connectivity index (χ3v) is 4.83. The summed E-state index contributed by atoms with van der Waals surface area (Å²) >= 11 is 0. The number of carbonyl (C=O) groups is 1. The van der Waals surface area contributed by atoms with Crippen molar-refractivity contribution in [2.24, 2.45) is 0 Å². The average molecular weight is 362 g/mol. The van der Waals surface area contributed by atoms with Crippen LogP contribution in [0.15, 0.2) is 60.9 Å². The molecular weight excluding hydrogens is 340 g/mol. The van der Waals surface area contributed by atoms with Crippen LogP contribution in [-0.2, 0) is 6.42 Å². The first kappa shape index (κ1) is 17.4. The normalized spacial score (nSPS) is 15.0. The topological polar surface area (TPSA) is 67.2 Å². The smallest absolute Gasteiger partial charge is 0.274 e. The highest BCUT2D eigenvalue weighted by Crippen LogP contribution is 2.09. The Kier molecular flexibility index (Phi) is 5.20. The minimum absolute atomic E-state index is 0.0581. The monoisotopic (exact) mass is 362 g/mol. The SMILES string of the molecule is O=C(c1ccc(-n2cccn2)nn1)N1CCN(CCc2ccccc2)CC1. The highest BCUT2D eigenvalue weighted by molar-refractivity contribution is 5.92. The molecule has 0 spiro atoms. The van der Waals surface area contributed by atoms with Crippen molar-refractivity contribution in [3.8, 4) is 5.82 Å². The molecule has 0 atom stereocenters. The first-order chi connectivity index (χ1) is 13.3. The van der Waals surface area contributed by atoms with Crippen molar-refractivity contribution < 1.29 is 4.79 Å². The van der Waals surface area contributed by atoms with Crippen LogP contribution in [0, 0.1) is 0 Å². The van der Waals surface area contributed by atoms with E-state index in [0.717, 1.165) is 39.1 Å². The maximum atomic E-state index is 12.7. The summed E-state index contributed by atoms with van der Waals surface area (Å²) in [5.41, 5.74) is 1.73. The van der Waals surface area contributed by atoms with E-state index in [2.05, 4.69) is 44.5 Å². The van der Waals surface area contributed by atoms with E-state index in [1.54, 1.807) is 29.2 Å². The third-order valence-electron chi connectivity index (χ3n) is 4.83. The lowest BCUT2D eigenvalue weighted by Crippen LogP contribution is -2.49. The number of benzene rings is 1. The van der Waals surface area contributed by atoms with Gasteiger partial charge in [-0.1, -0.05) is 30.3 Å². The molecule has 1 saturated heterocycles. The Morgan fingerprint density at radius 3 is 2.41 bits per heavy atom. The van der Waals surface area contributed by atoms with Gasteiger partial charge in [-0.05, 0) is 30.2 Å². The molecule has 0 radical (unpaired) electrons. The summed E-state index contributed by atoms with van der Waals surface area (Å²) in [6, 6.07) is 15.8. The second kappa shape index (κ2) is 8.09. The number of aromatic nitrogens is 4. The fourth-order valence-corrected chi connectivity index (χ4v) is 3.23. The molecule has 1 aromatic carbocycles. The molecule has 0 unspecified atom stereocenters. The van der Waals surface area contributed by atoms with Crippen LogP contribution in [0.5, 0.6) is 0 Å². The lowest BCUT2D eigenvalue weighted by atomic mass is 10.1. The molecule has 0 N–H and O–H groups in total. The van der Waals surface area contributed by atoms with E-state index in [-0.39, 0.29) is 5.91 Å². The van der Waals surface area contributed by atoms with E-state index < -0.39 is 0 Å². The fraction of sp³-hybridized carbons (Fsp3) is 0.300. The zero-order valence-electron chi connectivity index (χ0n) is 15.1. The summed E-state index contributed by atoms with van der Waals surface area (Å²) in [7, 11) is 0. The van der Waals surface area contributed by atoms with E-state index in [1.807, 2.05) is 17.0 Å². The molecule has 2 aromatic heterocycles. The van der Waals surface area contributed by atoms with Crippen LogP contribution in [0.2, 0.25) is 0 Å². The Labute approximate surface area is 158 Å². The molecule has 0 bridgehead atoms. The zero-order chi connectivity index (χ0) is 18.5. The Morgan fingerprint density at radius 2 is 1.74 bits per heavy atom. The Bertz CT molecular complexity index is 855. The minimum atomic E-state index is -0.0581. The predicted molar refractivity (Wildman–Crippen MR) is 102 cm³/mol. The van der Waals surface area contributed by atoms with Crippen molar-refractivity contribution in [3.63, 3.8) is 0 Å². The second-order valence-electron chi connectivity index (χ2n) is 6.60.